The number of hydrogen-bond donors (Lipinski definition) is 1. The summed E-state index contributed by atoms with van der Waals surface area (Å²) in [6.45, 7) is 4.01. The first-order chi connectivity index (χ1) is 4.86. The minimum Gasteiger partial charge on any atom is -0.307 e. The van der Waals surface area contributed by atoms with Gasteiger partial charge in [0.2, 0.25) is 0 Å². The van der Waals surface area contributed by atoms with Crippen LogP contribution < -0.4 is 5.32 Å². The Morgan fingerprint density at radius 1 is 1.33 bits per heavy atom. The van der Waals surface area contributed by atoms with Crippen molar-refractivity contribution < 1.29 is 0 Å². The molecule has 1 aromatic heterocycles. The Labute approximate surface area is 84.6 Å². The van der Waals surface area contributed by atoms with Gasteiger partial charge in [-0.25, -0.2) is 0 Å². The Kier molecular flexibility index (Phi) is 4.53. The molecule has 0 bridgehead atoms. The number of rotatable bonds is 0. The zero-order valence-corrected chi connectivity index (χ0v) is 8.47. The molecule has 2 rings (SSSR count). The molecule has 2 nitrogen and oxygen atoms in total. The Bertz CT molecular complexity index is 263. The van der Waals surface area contributed by atoms with E-state index in [9.17, 15) is 0 Å². The molecule has 4 heteroatoms. The van der Waals surface area contributed by atoms with Gasteiger partial charge in [-0.15, -0.1) is 24.8 Å². The predicted octanol–water partition coefficient (Wildman–Crippen LogP) is 1.84. The third-order valence-electron chi connectivity index (χ3n) is 1.80. The lowest BCUT2D eigenvalue weighted by Crippen LogP contribution is -2.00. The van der Waals surface area contributed by atoms with Crippen molar-refractivity contribution in [2.24, 2.45) is 0 Å². The first-order valence-corrected chi connectivity index (χ1v) is 3.51. The number of hydrogen-bond acceptors (Lipinski definition) is 2. The minimum atomic E-state index is 0. The van der Waals surface area contributed by atoms with Crippen molar-refractivity contribution in [1.82, 2.24) is 10.3 Å². The average Bonchev–Trinajstić information content (AvgIpc) is 2.33. The van der Waals surface area contributed by atoms with Crippen LogP contribution in [0.25, 0.3) is 0 Å². The molecule has 0 aromatic carbocycles. The van der Waals surface area contributed by atoms with Crippen molar-refractivity contribution in [3.63, 3.8) is 0 Å². The Morgan fingerprint density at radius 3 is 2.83 bits per heavy atom. The highest BCUT2D eigenvalue weighted by atomic mass is 35.5. The fourth-order valence-corrected chi connectivity index (χ4v) is 1.29. The van der Waals surface area contributed by atoms with Crippen molar-refractivity contribution in [2.75, 3.05) is 0 Å². The highest BCUT2D eigenvalue weighted by molar-refractivity contribution is 5.85. The van der Waals surface area contributed by atoms with Gasteiger partial charge in [0, 0.05) is 19.3 Å². The molecule has 68 valence electrons. The largest absolute Gasteiger partial charge is 0.307 e. The molecule has 12 heavy (non-hydrogen) atoms. The Hall–Kier alpha value is -0.310. The van der Waals surface area contributed by atoms with Crippen molar-refractivity contribution >= 4 is 24.8 Å². The molecule has 0 amide bonds. The van der Waals surface area contributed by atoms with Gasteiger partial charge in [-0.05, 0) is 18.1 Å². The Balaban J connectivity index is 0.000000605. The molecule has 0 spiro atoms. The SMILES string of the molecule is Cc1cnc2c(c1)CNC2.Cl.Cl. The smallest absolute Gasteiger partial charge is 0.0586 e. The summed E-state index contributed by atoms with van der Waals surface area (Å²) in [4.78, 5) is 4.30. The predicted molar refractivity (Wildman–Crippen MR) is 54.0 cm³/mol. The number of pyridine rings is 1. The zero-order chi connectivity index (χ0) is 6.97. The van der Waals surface area contributed by atoms with Crippen LogP contribution in [0.2, 0.25) is 0 Å². The summed E-state index contributed by atoms with van der Waals surface area (Å²) >= 11 is 0. The van der Waals surface area contributed by atoms with E-state index in [4.69, 9.17) is 0 Å². The standard InChI is InChI=1S/C8H10N2.2ClH/c1-6-2-7-4-9-5-8(7)10-3-6;;/h2-3,9H,4-5H2,1H3;2*1H. The van der Waals surface area contributed by atoms with E-state index in [1.54, 1.807) is 0 Å². The van der Waals surface area contributed by atoms with Gasteiger partial charge in [0.25, 0.3) is 0 Å². The number of aryl methyl sites for hydroxylation is 1. The van der Waals surface area contributed by atoms with Gasteiger partial charge in [0.1, 0.15) is 0 Å². The van der Waals surface area contributed by atoms with E-state index in [-0.39, 0.29) is 24.8 Å². The summed E-state index contributed by atoms with van der Waals surface area (Å²) < 4.78 is 0. The summed E-state index contributed by atoms with van der Waals surface area (Å²) in [6, 6.07) is 2.20. The number of aromatic nitrogens is 1. The number of nitrogens with one attached hydrogen (secondary N) is 1. The van der Waals surface area contributed by atoms with Gasteiger partial charge in [0.05, 0.1) is 5.69 Å². The first kappa shape index (κ1) is 11.7. The maximum absolute atomic E-state index is 4.30. The molecule has 1 aromatic rings. The first-order valence-electron chi connectivity index (χ1n) is 3.51. The molecule has 1 aliphatic rings. The molecule has 0 aliphatic carbocycles. The quantitative estimate of drug-likeness (QED) is 0.702. The van der Waals surface area contributed by atoms with Crippen LogP contribution in [0.3, 0.4) is 0 Å². The van der Waals surface area contributed by atoms with E-state index in [0.29, 0.717) is 0 Å². The minimum absolute atomic E-state index is 0. The van der Waals surface area contributed by atoms with E-state index in [1.807, 2.05) is 6.20 Å². The maximum Gasteiger partial charge on any atom is 0.0586 e. The van der Waals surface area contributed by atoms with E-state index in [1.165, 1.54) is 16.8 Å². The van der Waals surface area contributed by atoms with Crippen molar-refractivity contribution in [1.29, 1.82) is 0 Å². The average molecular weight is 207 g/mol. The Morgan fingerprint density at radius 2 is 2.08 bits per heavy atom. The maximum atomic E-state index is 4.30. The summed E-state index contributed by atoms with van der Waals surface area (Å²) in [5.74, 6) is 0. The third-order valence-corrected chi connectivity index (χ3v) is 1.80. The number of halogens is 2. The van der Waals surface area contributed by atoms with Crippen LogP contribution in [-0.2, 0) is 13.1 Å². The van der Waals surface area contributed by atoms with E-state index < -0.39 is 0 Å². The lowest BCUT2D eigenvalue weighted by atomic mass is 10.2. The van der Waals surface area contributed by atoms with Crippen molar-refractivity contribution in [3.05, 3.63) is 29.1 Å². The van der Waals surface area contributed by atoms with Crippen LogP contribution in [0, 0.1) is 6.92 Å². The molecule has 0 saturated heterocycles. The highest BCUT2D eigenvalue weighted by Crippen LogP contribution is 2.12. The second-order valence-electron chi connectivity index (χ2n) is 2.72. The van der Waals surface area contributed by atoms with Crippen LogP contribution in [-0.4, -0.2) is 4.98 Å². The molecule has 0 unspecified atom stereocenters. The molecule has 0 radical (unpaired) electrons. The van der Waals surface area contributed by atoms with Crippen LogP contribution in [0.5, 0.6) is 0 Å². The zero-order valence-electron chi connectivity index (χ0n) is 6.83. The lowest BCUT2D eigenvalue weighted by Gasteiger charge is -1.96. The molecule has 0 atom stereocenters. The summed E-state index contributed by atoms with van der Waals surface area (Å²) in [5, 5.41) is 3.25. The number of nitrogens with zero attached hydrogens (tertiary/aromatic N) is 1. The van der Waals surface area contributed by atoms with Crippen molar-refractivity contribution in [2.45, 2.75) is 20.0 Å². The summed E-state index contributed by atoms with van der Waals surface area (Å²) in [6.07, 6.45) is 1.92. The lowest BCUT2D eigenvalue weighted by molar-refractivity contribution is 0.757. The van der Waals surface area contributed by atoms with Gasteiger partial charge < -0.3 is 5.32 Å². The number of fused-ring (bicyclic) bond motifs is 1. The van der Waals surface area contributed by atoms with Crippen LogP contribution in [0.15, 0.2) is 12.3 Å². The van der Waals surface area contributed by atoms with Gasteiger partial charge in [-0.1, -0.05) is 6.07 Å². The van der Waals surface area contributed by atoms with Crippen LogP contribution in [0.1, 0.15) is 16.8 Å². The second-order valence-corrected chi connectivity index (χ2v) is 2.72. The van der Waals surface area contributed by atoms with E-state index >= 15 is 0 Å². The molecule has 1 aliphatic heterocycles. The van der Waals surface area contributed by atoms with Gasteiger partial charge in [-0.2, -0.15) is 0 Å². The molecular formula is C8H12Cl2N2. The fraction of sp³-hybridized carbons (Fsp3) is 0.375. The van der Waals surface area contributed by atoms with Gasteiger partial charge in [0.15, 0.2) is 0 Å². The normalized spacial score (nSPS) is 12.8. The summed E-state index contributed by atoms with van der Waals surface area (Å²) in [7, 11) is 0. The third kappa shape index (κ3) is 2.09. The second kappa shape index (κ2) is 4.65. The molecule has 0 fully saturated rings. The fourth-order valence-electron chi connectivity index (χ4n) is 1.29. The van der Waals surface area contributed by atoms with Gasteiger partial charge in [-0.3, -0.25) is 4.98 Å². The molecule has 2 heterocycles. The highest BCUT2D eigenvalue weighted by Gasteiger charge is 2.09. The van der Waals surface area contributed by atoms with Crippen LogP contribution >= 0.6 is 24.8 Å². The van der Waals surface area contributed by atoms with Gasteiger partial charge >= 0.3 is 0 Å². The molecule has 0 saturated carbocycles. The van der Waals surface area contributed by atoms with Crippen molar-refractivity contribution in [3.8, 4) is 0 Å². The van der Waals surface area contributed by atoms with E-state index in [2.05, 4.69) is 23.3 Å². The molecular weight excluding hydrogens is 195 g/mol. The monoisotopic (exact) mass is 206 g/mol. The summed E-state index contributed by atoms with van der Waals surface area (Å²) in [5.41, 5.74) is 3.83. The van der Waals surface area contributed by atoms with E-state index in [0.717, 1.165) is 13.1 Å². The molecule has 1 N–H and O–H groups in total. The topological polar surface area (TPSA) is 24.9 Å². The van der Waals surface area contributed by atoms with Crippen LogP contribution in [0.4, 0.5) is 0 Å².